The molecule has 1 atom stereocenters. The van der Waals surface area contributed by atoms with Crippen LogP contribution in [0.25, 0.3) is 0 Å². The van der Waals surface area contributed by atoms with E-state index in [1.54, 1.807) is 18.4 Å². The van der Waals surface area contributed by atoms with Gasteiger partial charge in [0.1, 0.15) is 5.75 Å². The second-order valence-electron chi connectivity index (χ2n) is 4.50. The molecule has 1 aromatic carbocycles. The molecule has 2 rings (SSSR count). The van der Waals surface area contributed by atoms with Crippen molar-refractivity contribution in [1.82, 2.24) is 5.32 Å². The van der Waals surface area contributed by atoms with E-state index in [1.807, 2.05) is 26.1 Å². The maximum atomic E-state index is 6.15. The van der Waals surface area contributed by atoms with Gasteiger partial charge >= 0.3 is 0 Å². The van der Waals surface area contributed by atoms with Crippen LogP contribution in [0.1, 0.15) is 22.0 Å². The van der Waals surface area contributed by atoms with Gasteiger partial charge in [-0.05, 0) is 49.7 Å². The Morgan fingerprint density at radius 1 is 1.37 bits per heavy atom. The third-order valence-electron chi connectivity index (χ3n) is 3.14. The molecule has 0 bridgehead atoms. The minimum Gasteiger partial charge on any atom is -0.497 e. The van der Waals surface area contributed by atoms with Crippen LogP contribution in [-0.2, 0) is 6.42 Å². The molecule has 0 aliphatic rings. The highest BCUT2D eigenvalue weighted by Gasteiger charge is 2.14. The molecular formula is C15H18ClNOS. The molecule has 4 heteroatoms. The summed E-state index contributed by atoms with van der Waals surface area (Å²) in [7, 11) is 3.67. The van der Waals surface area contributed by atoms with Crippen molar-refractivity contribution >= 4 is 22.9 Å². The molecule has 1 heterocycles. The third-order valence-corrected chi connectivity index (χ3v) is 4.81. The Labute approximate surface area is 123 Å². The fourth-order valence-corrected chi connectivity index (χ4v) is 3.36. The second-order valence-corrected chi connectivity index (χ2v) is 6.19. The topological polar surface area (TPSA) is 21.3 Å². The van der Waals surface area contributed by atoms with Crippen LogP contribution in [0.15, 0.2) is 30.3 Å². The normalized spacial score (nSPS) is 12.4. The molecule has 0 amide bonds. The first-order valence-electron chi connectivity index (χ1n) is 6.20. The Morgan fingerprint density at radius 3 is 2.74 bits per heavy atom. The number of hydrogen-bond donors (Lipinski definition) is 1. The molecule has 102 valence electrons. The van der Waals surface area contributed by atoms with E-state index in [4.69, 9.17) is 16.3 Å². The summed E-state index contributed by atoms with van der Waals surface area (Å²) in [4.78, 5) is 1.27. The van der Waals surface area contributed by atoms with E-state index in [2.05, 4.69) is 23.5 Å². The second kappa shape index (κ2) is 6.42. The Morgan fingerprint density at radius 2 is 2.16 bits per heavy atom. The van der Waals surface area contributed by atoms with Crippen LogP contribution in [0, 0.1) is 6.92 Å². The summed E-state index contributed by atoms with van der Waals surface area (Å²) in [5.74, 6) is 0.896. The zero-order valence-electron chi connectivity index (χ0n) is 11.4. The number of aryl methyl sites for hydroxylation is 1. The van der Waals surface area contributed by atoms with Gasteiger partial charge in [0.15, 0.2) is 0 Å². The van der Waals surface area contributed by atoms with Crippen LogP contribution in [0.5, 0.6) is 5.75 Å². The van der Waals surface area contributed by atoms with E-state index in [-0.39, 0.29) is 6.04 Å². The largest absolute Gasteiger partial charge is 0.497 e. The summed E-state index contributed by atoms with van der Waals surface area (Å²) in [6, 6.07) is 10.6. The first-order valence-corrected chi connectivity index (χ1v) is 7.39. The number of thiophene rings is 1. The Kier molecular flexibility index (Phi) is 4.86. The van der Waals surface area contributed by atoms with Gasteiger partial charge < -0.3 is 10.1 Å². The van der Waals surface area contributed by atoms with Gasteiger partial charge in [0.2, 0.25) is 0 Å². The Bertz CT molecular complexity index is 533. The number of likely N-dealkylation sites (N-methyl/N-ethyl adjacent to an activating group) is 1. The first kappa shape index (κ1) is 14.4. The SMILES string of the molecule is CNC(Cc1cccc(OC)c1)c1cc(C)c(Cl)s1. The highest BCUT2D eigenvalue weighted by molar-refractivity contribution is 7.16. The van der Waals surface area contributed by atoms with Crippen molar-refractivity contribution < 1.29 is 4.74 Å². The molecule has 0 saturated heterocycles. The standard InChI is InChI=1S/C15H18ClNOS/c1-10-7-14(19-15(10)16)13(17-2)9-11-5-4-6-12(8-11)18-3/h4-8,13,17H,9H2,1-3H3. The molecule has 0 fully saturated rings. The predicted octanol–water partition coefficient (Wildman–Crippen LogP) is 4.22. The molecule has 1 unspecified atom stereocenters. The lowest BCUT2D eigenvalue weighted by Crippen LogP contribution is -2.17. The molecular weight excluding hydrogens is 278 g/mol. The minimum absolute atomic E-state index is 0.281. The highest BCUT2D eigenvalue weighted by Crippen LogP contribution is 2.32. The summed E-state index contributed by atoms with van der Waals surface area (Å²) < 4.78 is 6.14. The number of ether oxygens (including phenoxy) is 1. The Balaban J connectivity index is 2.18. The van der Waals surface area contributed by atoms with Crippen LogP contribution in [-0.4, -0.2) is 14.2 Å². The zero-order valence-corrected chi connectivity index (χ0v) is 12.9. The van der Waals surface area contributed by atoms with Crippen molar-refractivity contribution in [3.63, 3.8) is 0 Å². The molecule has 2 aromatic rings. The van der Waals surface area contributed by atoms with Gasteiger partial charge in [-0.2, -0.15) is 0 Å². The Hall–Kier alpha value is -1.03. The zero-order chi connectivity index (χ0) is 13.8. The van der Waals surface area contributed by atoms with E-state index in [9.17, 15) is 0 Å². The van der Waals surface area contributed by atoms with E-state index >= 15 is 0 Å². The summed E-state index contributed by atoms with van der Waals surface area (Å²) in [5.41, 5.74) is 2.40. The summed E-state index contributed by atoms with van der Waals surface area (Å²) in [6.07, 6.45) is 0.921. The van der Waals surface area contributed by atoms with Gasteiger partial charge in [-0.3, -0.25) is 0 Å². The lowest BCUT2D eigenvalue weighted by molar-refractivity contribution is 0.414. The first-order chi connectivity index (χ1) is 9.13. The van der Waals surface area contributed by atoms with Gasteiger partial charge in [-0.1, -0.05) is 23.7 Å². The summed E-state index contributed by atoms with van der Waals surface area (Å²) in [6.45, 7) is 2.04. The number of benzene rings is 1. The molecule has 0 aliphatic heterocycles. The monoisotopic (exact) mass is 295 g/mol. The van der Waals surface area contributed by atoms with E-state index in [0.717, 1.165) is 22.1 Å². The maximum Gasteiger partial charge on any atom is 0.119 e. The van der Waals surface area contributed by atoms with E-state index in [1.165, 1.54) is 10.4 Å². The molecule has 19 heavy (non-hydrogen) atoms. The third kappa shape index (κ3) is 3.50. The average molecular weight is 296 g/mol. The fourth-order valence-electron chi connectivity index (χ4n) is 2.04. The lowest BCUT2D eigenvalue weighted by atomic mass is 10.0. The van der Waals surface area contributed by atoms with Gasteiger partial charge in [0, 0.05) is 10.9 Å². The van der Waals surface area contributed by atoms with E-state index < -0.39 is 0 Å². The summed E-state index contributed by atoms with van der Waals surface area (Å²) >= 11 is 7.80. The number of hydrogen-bond acceptors (Lipinski definition) is 3. The molecule has 1 N–H and O–H groups in total. The molecule has 0 aliphatic carbocycles. The van der Waals surface area contributed by atoms with Crippen LogP contribution in [0.2, 0.25) is 4.34 Å². The van der Waals surface area contributed by atoms with Crippen LogP contribution in [0.3, 0.4) is 0 Å². The van der Waals surface area contributed by atoms with Gasteiger partial charge in [-0.15, -0.1) is 11.3 Å². The number of nitrogens with one attached hydrogen (secondary N) is 1. The van der Waals surface area contributed by atoms with Crippen LogP contribution in [0.4, 0.5) is 0 Å². The molecule has 0 saturated carbocycles. The van der Waals surface area contributed by atoms with Gasteiger partial charge in [-0.25, -0.2) is 0 Å². The van der Waals surface area contributed by atoms with Crippen LogP contribution < -0.4 is 10.1 Å². The lowest BCUT2D eigenvalue weighted by Gasteiger charge is -2.15. The quantitative estimate of drug-likeness (QED) is 0.891. The molecule has 1 aromatic heterocycles. The van der Waals surface area contributed by atoms with Gasteiger partial charge in [0.05, 0.1) is 11.4 Å². The summed E-state index contributed by atoms with van der Waals surface area (Å²) in [5, 5.41) is 3.36. The van der Waals surface area contributed by atoms with E-state index in [0.29, 0.717) is 0 Å². The average Bonchev–Trinajstić information content (AvgIpc) is 2.76. The number of rotatable bonds is 5. The van der Waals surface area contributed by atoms with Gasteiger partial charge in [0.25, 0.3) is 0 Å². The van der Waals surface area contributed by atoms with Crippen molar-refractivity contribution in [2.75, 3.05) is 14.2 Å². The molecule has 0 radical (unpaired) electrons. The maximum absolute atomic E-state index is 6.15. The number of halogens is 1. The molecule has 0 spiro atoms. The minimum atomic E-state index is 0.281. The fraction of sp³-hybridized carbons (Fsp3) is 0.333. The smallest absolute Gasteiger partial charge is 0.119 e. The van der Waals surface area contributed by atoms with Crippen molar-refractivity contribution in [1.29, 1.82) is 0 Å². The molecule has 2 nitrogen and oxygen atoms in total. The highest BCUT2D eigenvalue weighted by atomic mass is 35.5. The van der Waals surface area contributed by atoms with Crippen molar-refractivity contribution in [2.24, 2.45) is 0 Å². The number of methoxy groups -OCH3 is 1. The predicted molar refractivity (Wildman–Crippen MR) is 82.6 cm³/mol. The van der Waals surface area contributed by atoms with Crippen molar-refractivity contribution in [2.45, 2.75) is 19.4 Å². The van der Waals surface area contributed by atoms with Crippen molar-refractivity contribution in [3.05, 3.63) is 50.7 Å². The van der Waals surface area contributed by atoms with Crippen molar-refractivity contribution in [3.8, 4) is 5.75 Å². The van der Waals surface area contributed by atoms with Crippen LogP contribution >= 0.6 is 22.9 Å².